The van der Waals surface area contributed by atoms with Gasteiger partial charge in [0.2, 0.25) is 0 Å². The zero-order valence-corrected chi connectivity index (χ0v) is 17.7. The summed E-state index contributed by atoms with van der Waals surface area (Å²) in [6, 6.07) is 11.8. The minimum Gasteiger partial charge on any atom is -0.497 e. The second-order valence-corrected chi connectivity index (χ2v) is 8.52. The van der Waals surface area contributed by atoms with Crippen molar-refractivity contribution in [3.63, 3.8) is 0 Å². The molecule has 5 rings (SSSR count). The van der Waals surface area contributed by atoms with Crippen molar-refractivity contribution in [2.75, 3.05) is 38.2 Å². The fourth-order valence-corrected chi connectivity index (χ4v) is 5.41. The van der Waals surface area contributed by atoms with Crippen molar-refractivity contribution in [3.05, 3.63) is 54.2 Å². The maximum absolute atomic E-state index is 13.1. The Morgan fingerprint density at radius 1 is 1.17 bits per heavy atom. The van der Waals surface area contributed by atoms with Crippen molar-refractivity contribution in [1.29, 1.82) is 0 Å². The van der Waals surface area contributed by atoms with Crippen LogP contribution in [0.25, 0.3) is 0 Å². The van der Waals surface area contributed by atoms with Crippen LogP contribution in [0.15, 0.2) is 52.2 Å². The smallest absolute Gasteiger partial charge is 0.265 e. The highest BCUT2D eigenvalue weighted by atomic mass is 32.2. The number of furan rings is 1. The van der Waals surface area contributed by atoms with E-state index in [2.05, 4.69) is 32.0 Å². The van der Waals surface area contributed by atoms with Crippen LogP contribution in [0.5, 0.6) is 5.75 Å². The summed E-state index contributed by atoms with van der Waals surface area (Å²) in [6.45, 7) is 5.21. The number of hydrogen-bond donors (Lipinski definition) is 0. The minimum atomic E-state index is -0.320. The average molecular weight is 426 g/mol. The molecule has 0 aliphatic carbocycles. The second kappa shape index (κ2) is 7.81. The van der Waals surface area contributed by atoms with Gasteiger partial charge in [-0.3, -0.25) is 9.69 Å². The first kappa shape index (κ1) is 19.2. The maximum Gasteiger partial charge on any atom is 0.265 e. The molecule has 1 aromatic carbocycles. The number of aryl methyl sites for hydroxylation is 1. The first-order valence-corrected chi connectivity index (χ1v) is 10.8. The Bertz CT molecular complexity index is 1030. The summed E-state index contributed by atoms with van der Waals surface area (Å²) in [7, 11) is 1.67. The van der Waals surface area contributed by atoms with Gasteiger partial charge < -0.3 is 14.1 Å². The third-order valence-corrected chi connectivity index (χ3v) is 6.82. The van der Waals surface area contributed by atoms with E-state index in [-0.39, 0.29) is 17.2 Å². The summed E-state index contributed by atoms with van der Waals surface area (Å²) in [5, 5.41) is 4.61. The molecule has 2 aliphatic heterocycles. The van der Waals surface area contributed by atoms with Crippen LogP contribution < -0.4 is 9.64 Å². The number of rotatable bonds is 5. The van der Waals surface area contributed by atoms with Gasteiger partial charge in [0.15, 0.2) is 5.16 Å². The molecule has 0 N–H and O–H groups in total. The molecule has 4 heterocycles. The van der Waals surface area contributed by atoms with E-state index in [0.717, 1.165) is 37.7 Å². The van der Waals surface area contributed by atoms with E-state index in [1.807, 2.05) is 24.3 Å². The van der Waals surface area contributed by atoms with Crippen LogP contribution in [0.3, 0.4) is 0 Å². The lowest BCUT2D eigenvalue weighted by Crippen LogP contribution is -2.50. The molecule has 30 heavy (non-hydrogen) atoms. The Kier molecular flexibility index (Phi) is 5.00. The molecule has 0 spiro atoms. The molecule has 8 nitrogen and oxygen atoms in total. The van der Waals surface area contributed by atoms with Gasteiger partial charge in [0.05, 0.1) is 19.4 Å². The molecule has 9 heteroatoms. The maximum atomic E-state index is 13.1. The van der Waals surface area contributed by atoms with Crippen LogP contribution in [-0.4, -0.2) is 64.1 Å². The molecule has 0 saturated carbocycles. The standard InChI is InChI=1S/C21H23N5O3S/c1-14-22-21-26(23-14)20(27)19(30-21)18(17-4-3-13-29-17)25-11-9-24(10-12-25)15-5-7-16(28-2)8-6-15/h3-8,13,18-19H,9-12H2,1-2H3. The van der Waals surface area contributed by atoms with E-state index < -0.39 is 0 Å². The van der Waals surface area contributed by atoms with Crippen molar-refractivity contribution in [1.82, 2.24) is 19.7 Å². The van der Waals surface area contributed by atoms with Gasteiger partial charge in [0.1, 0.15) is 22.6 Å². The first-order valence-electron chi connectivity index (χ1n) is 9.95. The van der Waals surface area contributed by atoms with Crippen LogP contribution in [-0.2, 0) is 0 Å². The normalized spacial score (nSPS) is 20.4. The quantitative estimate of drug-likeness (QED) is 0.618. The number of ether oxygens (including phenoxy) is 1. The summed E-state index contributed by atoms with van der Waals surface area (Å²) < 4.78 is 12.5. The highest BCUT2D eigenvalue weighted by Crippen LogP contribution is 2.41. The number of anilines is 1. The lowest BCUT2D eigenvalue weighted by molar-refractivity contribution is 0.0813. The highest BCUT2D eigenvalue weighted by Gasteiger charge is 2.44. The topological polar surface area (TPSA) is 76.6 Å². The first-order chi connectivity index (χ1) is 14.6. The minimum absolute atomic E-state index is 0.0328. The SMILES string of the molecule is COc1ccc(N2CCN(C(c3ccco3)C3Sc4nc(C)nn4C3=O)CC2)cc1. The Hall–Kier alpha value is -2.78. The van der Waals surface area contributed by atoms with Crippen molar-refractivity contribution < 1.29 is 13.9 Å². The average Bonchev–Trinajstić information content (AvgIpc) is 3.49. The molecule has 2 atom stereocenters. The highest BCUT2D eigenvalue weighted by molar-refractivity contribution is 8.00. The molecule has 0 amide bonds. The molecule has 1 saturated heterocycles. The van der Waals surface area contributed by atoms with Crippen molar-refractivity contribution >= 4 is 23.4 Å². The zero-order chi connectivity index (χ0) is 20.7. The molecule has 2 aromatic heterocycles. The monoisotopic (exact) mass is 425 g/mol. The predicted molar refractivity (Wildman–Crippen MR) is 113 cm³/mol. The Morgan fingerprint density at radius 3 is 2.57 bits per heavy atom. The van der Waals surface area contributed by atoms with Gasteiger partial charge in [-0.25, -0.2) is 4.98 Å². The number of nitrogens with zero attached hydrogens (tertiary/aromatic N) is 5. The summed E-state index contributed by atoms with van der Waals surface area (Å²) >= 11 is 1.48. The Morgan fingerprint density at radius 2 is 1.93 bits per heavy atom. The second-order valence-electron chi connectivity index (χ2n) is 7.41. The van der Waals surface area contributed by atoms with E-state index >= 15 is 0 Å². The van der Waals surface area contributed by atoms with Gasteiger partial charge in [-0.2, -0.15) is 4.68 Å². The number of carbonyl (C=O) groups is 1. The molecule has 0 radical (unpaired) electrons. The molecular weight excluding hydrogens is 402 g/mol. The fourth-order valence-electron chi connectivity index (χ4n) is 4.13. The predicted octanol–water partition coefficient (Wildman–Crippen LogP) is 2.87. The largest absolute Gasteiger partial charge is 0.497 e. The number of piperazine rings is 1. The van der Waals surface area contributed by atoms with Crippen LogP contribution in [0.2, 0.25) is 0 Å². The van der Waals surface area contributed by atoms with E-state index in [0.29, 0.717) is 11.0 Å². The molecular formula is C21H23N5O3S. The third-order valence-electron chi connectivity index (χ3n) is 5.63. The molecule has 156 valence electrons. The number of fused-ring (bicyclic) bond motifs is 1. The molecule has 0 bridgehead atoms. The molecule has 2 unspecified atom stereocenters. The van der Waals surface area contributed by atoms with Gasteiger partial charge in [-0.05, 0) is 43.3 Å². The summed E-state index contributed by atoms with van der Waals surface area (Å²) in [5.41, 5.74) is 1.18. The summed E-state index contributed by atoms with van der Waals surface area (Å²) in [4.78, 5) is 22.2. The molecule has 3 aromatic rings. The van der Waals surface area contributed by atoms with Crippen molar-refractivity contribution in [2.24, 2.45) is 0 Å². The number of benzene rings is 1. The molecule has 2 aliphatic rings. The van der Waals surface area contributed by atoms with Crippen LogP contribution in [0.4, 0.5) is 5.69 Å². The van der Waals surface area contributed by atoms with E-state index in [9.17, 15) is 4.79 Å². The number of carbonyl (C=O) groups excluding carboxylic acids is 1. The summed E-state index contributed by atoms with van der Waals surface area (Å²) in [5.74, 6) is 2.25. The number of hydrogen-bond acceptors (Lipinski definition) is 8. The van der Waals surface area contributed by atoms with E-state index in [4.69, 9.17) is 9.15 Å². The van der Waals surface area contributed by atoms with Crippen molar-refractivity contribution in [2.45, 2.75) is 23.4 Å². The van der Waals surface area contributed by atoms with Gasteiger partial charge in [0.25, 0.3) is 5.91 Å². The van der Waals surface area contributed by atoms with E-state index in [1.165, 1.54) is 22.1 Å². The van der Waals surface area contributed by atoms with Gasteiger partial charge in [-0.15, -0.1) is 5.10 Å². The van der Waals surface area contributed by atoms with Crippen molar-refractivity contribution in [3.8, 4) is 5.75 Å². The van der Waals surface area contributed by atoms with Gasteiger partial charge in [-0.1, -0.05) is 11.8 Å². The zero-order valence-electron chi connectivity index (χ0n) is 16.9. The number of thioether (sulfide) groups is 1. The van der Waals surface area contributed by atoms with E-state index in [1.54, 1.807) is 20.3 Å². The van der Waals surface area contributed by atoms with Crippen LogP contribution >= 0.6 is 11.8 Å². The lowest BCUT2D eigenvalue weighted by Gasteiger charge is -2.40. The van der Waals surface area contributed by atoms with Crippen LogP contribution in [0, 0.1) is 6.92 Å². The fraction of sp³-hybridized carbons (Fsp3) is 0.381. The number of methoxy groups -OCH3 is 1. The Labute approximate surface area is 178 Å². The lowest BCUT2D eigenvalue weighted by atomic mass is 10.1. The van der Waals surface area contributed by atoms with Gasteiger partial charge in [0, 0.05) is 31.9 Å². The number of aromatic nitrogens is 3. The Balaban J connectivity index is 1.34. The van der Waals surface area contributed by atoms with Gasteiger partial charge >= 0.3 is 0 Å². The third kappa shape index (κ3) is 3.37. The molecule has 1 fully saturated rings. The van der Waals surface area contributed by atoms with Crippen LogP contribution in [0.1, 0.15) is 22.4 Å². The summed E-state index contributed by atoms with van der Waals surface area (Å²) in [6.07, 6.45) is 1.67.